The van der Waals surface area contributed by atoms with E-state index in [1.165, 1.54) is 0 Å². The monoisotopic (exact) mass is 287 g/mol. The molecule has 3 heteroatoms. The Hall–Kier alpha value is -0.410. The lowest BCUT2D eigenvalue weighted by Gasteiger charge is -2.27. The summed E-state index contributed by atoms with van der Waals surface area (Å²) in [5, 5.41) is 3.21. The Morgan fingerprint density at radius 3 is 2.38 bits per heavy atom. The zero-order chi connectivity index (χ0) is 12.3. The smallest absolute Gasteiger partial charge is 0.142 e. The van der Waals surface area contributed by atoms with Gasteiger partial charge < -0.3 is 5.32 Å². The molecule has 1 rings (SSSR count). The predicted molar refractivity (Wildman–Crippen MR) is 69.9 cm³/mol. The molecule has 90 valence electrons. The van der Waals surface area contributed by atoms with E-state index < -0.39 is 0 Å². The van der Waals surface area contributed by atoms with Crippen molar-refractivity contribution in [2.45, 2.75) is 26.8 Å². The third kappa shape index (κ3) is 2.83. The summed E-state index contributed by atoms with van der Waals surface area (Å²) >= 11 is 3.23. The first kappa shape index (κ1) is 13.7. The minimum absolute atomic E-state index is 0.0532. The van der Waals surface area contributed by atoms with Gasteiger partial charge in [-0.15, -0.1) is 0 Å². The third-order valence-electron chi connectivity index (χ3n) is 3.20. The summed E-state index contributed by atoms with van der Waals surface area (Å²) < 4.78 is 14.5. The maximum atomic E-state index is 14.0. The van der Waals surface area contributed by atoms with Crippen molar-refractivity contribution < 1.29 is 4.39 Å². The van der Waals surface area contributed by atoms with Crippen molar-refractivity contribution in [1.29, 1.82) is 0 Å². The Bertz CT molecular complexity index is 352. The van der Waals surface area contributed by atoms with Gasteiger partial charge in [0, 0.05) is 11.6 Å². The summed E-state index contributed by atoms with van der Waals surface area (Å²) in [4.78, 5) is 0. The highest BCUT2D eigenvalue weighted by atomic mass is 79.9. The molecule has 0 aliphatic carbocycles. The molecular weight excluding hydrogens is 269 g/mol. The van der Waals surface area contributed by atoms with E-state index in [9.17, 15) is 4.39 Å². The van der Waals surface area contributed by atoms with Crippen LogP contribution in [0, 0.1) is 17.7 Å². The second-order valence-corrected chi connectivity index (χ2v) is 5.37. The molecule has 0 heterocycles. The van der Waals surface area contributed by atoms with E-state index in [2.05, 4.69) is 42.0 Å². The van der Waals surface area contributed by atoms with Gasteiger partial charge in [-0.25, -0.2) is 4.39 Å². The van der Waals surface area contributed by atoms with Crippen molar-refractivity contribution in [3.05, 3.63) is 34.1 Å². The van der Waals surface area contributed by atoms with Gasteiger partial charge in [0.15, 0.2) is 0 Å². The first-order valence-corrected chi connectivity index (χ1v) is 6.39. The minimum atomic E-state index is -0.158. The van der Waals surface area contributed by atoms with Crippen LogP contribution in [0.5, 0.6) is 0 Å². The van der Waals surface area contributed by atoms with Gasteiger partial charge in [0.25, 0.3) is 0 Å². The Morgan fingerprint density at radius 2 is 1.88 bits per heavy atom. The van der Waals surface area contributed by atoms with Crippen LogP contribution in [0.2, 0.25) is 0 Å². The van der Waals surface area contributed by atoms with E-state index in [-0.39, 0.29) is 11.9 Å². The molecular formula is C13H19BrFN. The van der Waals surface area contributed by atoms with Gasteiger partial charge in [-0.1, -0.05) is 32.9 Å². The van der Waals surface area contributed by atoms with Crippen LogP contribution >= 0.6 is 15.9 Å². The van der Waals surface area contributed by atoms with Gasteiger partial charge in [0.2, 0.25) is 0 Å². The highest BCUT2D eigenvalue weighted by Gasteiger charge is 2.23. The zero-order valence-corrected chi connectivity index (χ0v) is 11.8. The lowest BCUT2D eigenvalue weighted by molar-refractivity contribution is 0.310. The first-order chi connectivity index (χ1) is 7.49. The summed E-state index contributed by atoms with van der Waals surface area (Å²) in [7, 11) is 1.88. The predicted octanol–water partition coefficient (Wildman–Crippen LogP) is 4.14. The van der Waals surface area contributed by atoms with Crippen LogP contribution in [0.3, 0.4) is 0 Å². The highest BCUT2D eigenvalue weighted by Crippen LogP contribution is 2.31. The Labute approximate surface area is 106 Å². The molecule has 0 amide bonds. The van der Waals surface area contributed by atoms with E-state index >= 15 is 0 Å². The quantitative estimate of drug-likeness (QED) is 0.878. The maximum Gasteiger partial charge on any atom is 0.142 e. The highest BCUT2D eigenvalue weighted by molar-refractivity contribution is 9.10. The van der Waals surface area contributed by atoms with E-state index in [1.54, 1.807) is 6.07 Å². The lowest BCUT2D eigenvalue weighted by atomic mass is 9.86. The number of rotatable bonds is 4. The van der Waals surface area contributed by atoms with E-state index in [0.717, 1.165) is 5.56 Å². The lowest BCUT2D eigenvalue weighted by Crippen LogP contribution is -2.27. The number of benzene rings is 1. The first-order valence-electron chi connectivity index (χ1n) is 5.60. The van der Waals surface area contributed by atoms with Crippen LogP contribution in [0.15, 0.2) is 22.7 Å². The molecule has 0 aromatic heterocycles. The summed E-state index contributed by atoms with van der Waals surface area (Å²) in [6.45, 7) is 6.46. The molecule has 0 spiro atoms. The molecule has 0 radical (unpaired) electrons. The number of halogens is 2. The van der Waals surface area contributed by atoms with Crippen LogP contribution in [0.1, 0.15) is 32.4 Å². The molecule has 2 unspecified atom stereocenters. The van der Waals surface area contributed by atoms with Gasteiger partial charge in [0.05, 0.1) is 4.47 Å². The maximum absolute atomic E-state index is 14.0. The molecule has 0 aliphatic heterocycles. The molecule has 1 nitrogen and oxygen atoms in total. The fraction of sp³-hybridized carbons (Fsp3) is 0.538. The van der Waals surface area contributed by atoms with E-state index in [1.807, 2.05) is 19.2 Å². The standard InChI is InChI=1S/C13H19BrFN/c1-8(2)9(3)13(16-4)10-6-5-7-11(14)12(10)15/h5-9,13,16H,1-4H3. The van der Waals surface area contributed by atoms with Gasteiger partial charge >= 0.3 is 0 Å². The van der Waals surface area contributed by atoms with Gasteiger partial charge in [0.1, 0.15) is 5.82 Å². The molecule has 0 bridgehead atoms. The molecule has 1 aromatic carbocycles. The van der Waals surface area contributed by atoms with Crippen LogP contribution in [-0.2, 0) is 0 Å². The molecule has 1 aromatic rings. The molecule has 0 saturated carbocycles. The Kier molecular flexibility index (Phi) is 4.93. The van der Waals surface area contributed by atoms with Crippen LogP contribution in [0.25, 0.3) is 0 Å². The number of hydrogen-bond acceptors (Lipinski definition) is 1. The minimum Gasteiger partial charge on any atom is -0.313 e. The van der Waals surface area contributed by atoms with Gasteiger partial charge in [-0.05, 0) is 40.9 Å². The molecule has 1 N–H and O–H groups in total. The molecule has 0 aliphatic rings. The van der Waals surface area contributed by atoms with Crippen molar-refractivity contribution in [3.8, 4) is 0 Å². The fourth-order valence-electron chi connectivity index (χ4n) is 1.85. The average molecular weight is 288 g/mol. The van der Waals surface area contributed by atoms with Gasteiger partial charge in [-0.2, -0.15) is 0 Å². The SMILES string of the molecule is CNC(c1cccc(Br)c1F)C(C)C(C)C. The van der Waals surface area contributed by atoms with Crippen molar-refractivity contribution >= 4 is 15.9 Å². The number of hydrogen-bond donors (Lipinski definition) is 1. The van der Waals surface area contributed by atoms with Crippen molar-refractivity contribution in [2.75, 3.05) is 7.05 Å². The van der Waals surface area contributed by atoms with Crippen LogP contribution in [0.4, 0.5) is 4.39 Å². The van der Waals surface area contributed by atoms with Crippen LogP contribution < -0.4 is 5.32 Å². The average Bonchev–Trinajstić information content (AvgIpc) is 2.24. The fourth-order valence-corrected chi connectivity index (χ4v) is 2.23. The summed E-state index contributed by atoms with van der Waals surface area (Å²) in [5.74, 6) is 0.735. The van der Waals surface area contributed by atoms with Crippen molar-refractivity contribution in [2.24, 2.45) is 11.8 Å². The normalized spacial score (nSPS) is 15.2. The largest absolute Gasteiger partial charge is 0.313 e. The zero-order valence-electron chi connectivity index (χ0n) is 10.2. The summed E-state index contributed by atoms with van der Waals surface area (Å²) in [6.07, 6.45) is 0. The number of nitrogens with one attached hydrogen (secondary N) is 1. The second kappa shape index (κ2) is 5.78. The summed E-state index contributed by atoms with van der Waals surface area (Å²) in [5.41, 5.74) is 0.734. The van der Waals surface area contributed by atoms with Gasteiger partial charge in [-0.3, -0.25) is 0 Å². The topological polar surface area (TPSA) is 12.0 Å². The molecule has 2 atom stereocenters. The molecule has 0 fully saturated rings. The Balaban J connectivity index is 3.09. The summed E-state index contributed by atoms with van der Waals surface area (Å²) in [6, 6.07) is 5.50. The van der Waals surface area contributed by atoms with Crippen LogP contribution in [-0.4, -0.2) is 7.05 Å². The molecule has 16 heavy (non-hydrogen) atoms. The van der Waals surface area contributed by atoms with Crippen molar-refractivity contribution in [3.63, 3.8) is 0 Å². The third-order valence-corrected chi connectivity index (χ3v) is 3.82. The van der Waals surface area contributed by atoms with E-state index in [4.69, 9.17) is 0 Å². The van der Waals surface area contributed by atoms with Crippen molar-refractivity contribution in [1.82, 2.24) is 5.32 Å². The Morgan fingerprint density at radius 1 is 1.25 bits per heavy atom. The second-order valence-electron chi connectivity index (χ2n) is 4.51. The molecule has 0 saturated heterocycles. The van der Waals surface area contributed by atoms with E-state index in [0.29, 0.717) is 16.3 Å².